The minimum absolute atomic E-state index is 0.0628. The Hall–Kier alpha value is -3.87. The minimum atomic E-state index is -4.20. The second-order valence-corrected chi connectivity index (χ2v) is 10.7. The number of aromatic nitrogens is 2. The van der Waals surface area contributed by atoms with E-state index in [1.807, 2.05) is 6.92 Å². The molecule has 0 bridgehead atoms. The first-order valence-electron chi connectivity index (χ1n) is 12.6. The van der Waals surface area contributed by atoms with Crippen LogP contribution in [0.5, 0.6) is 5.88 Å². The Bertz CT molecular complexity index is 1470. The minimum Gasteiger partial charge on any atom is -0.474 e. The number of halogens is 4. The third-order valence-corrected chi connectivity index (χ3v) is 7.69. The van der Waals surface area contributed by atoms with Crippen molar-refractivity contribution in [3.05, 3.63) is 35.9 Å². The lowest BCUT2D eigenvalue weighted by Crippen LogP contribution is -2.67. The van der Waals surface area contributed by atoms with Crippen molar-refractivity contribution < 1.29 is 27.1 Å². The van der Waals surface area contributed by atoms with Gasteiger partial charge in [0.05, 0.1) is 12.2 Å². The fraction of sp³-hybridized carbons (Fsp3) is 0.423. The zero-order chi connectivity index (χ0) is 27.5. The van der Waals surface area contributed by atoms with E-state index in [-0.39, 0.29) is 28.5 Å². The predicted octanol–water partition coefficient (Wildman–Crippen LogP) is 4.28. The van der Waals surface area contributed by atoms with Crippen LogP contribution in [0.15, 0.2) is 24.5 Å². The van der Waals surface area contributed by atoms with E-state index in [0.29, 0.717) is 67.0 Å². The van der Waals surface area contributed by atoms with Gasteiger partial charge in [0.25, 0.3) is 0 Å². The summed E-state index contributed by atoms with van der Waals surface area (Å²) >= 11 is 0. The molecule has 2 fully saturated rings. The van der Waals surface area contributed by atoms with E-state index in [1.54, 1.807) is 18.3 Å². The van der Waals surface area contributed by atoms with Crippen molar-refractivity contribution in [2.45, 2.75) is 32.0 Å². The molecule has 5 N–H and O–H groups in total. The number of nitrogens with zero attached hydrogens (tertiary/aromatic N) is 3. The van der Waals surface area contributed by atoms with Gasteiger partial charge in [0, 0.05) is 54.6 Å². The average molecular weight is 546 g/mol. The number of hydrogen-bond acceptors (Lipinski definition) is 7. The number of alkyl halides is 3. The van der Waals surface area contributed by atoms with Crippen LogP contribution < -0.4 is 26.4 Å². The second-order valence-electron chi connectivity index (χ2n) is 10.7. The third-order valence-electron chi connectivity index (χ3n) is 7.69. The number of anilines is 3. The van der Waals surface area contributed by atoms with Crippen LogP contribution in [0.1, 0.15) is 18.4 Å². The maximum Gasteiger partial charge on any atom is 0.401 e. The molecule has 4 heterocycles. The molecule has 206 valence electrons. The lowest BCUT2D eigenvalue weighted by atomic mass is 9.60. The van der Waals surface area contributed by atoms with Crippen molar-refractivity contribution in [2.75, 3.05) is 49.2 Å². The van der Waals surface area contributed by atoms with Crippen LogP contribution in [0, 0.1) is 18.2 Å². The first-order chi connectivity index (χ1) is 18.5. The zero-order valence-electron chi connectivity index (χ0n) is 21.1. The highest BCUT2D eigenvalue weighted by Crippen LogP contribution is 2.49. The Morgan fingerprint density at radius 1 is 1.23 bits per heavy atom. The monoisotopic (exact) mass is 545 g/mol. The van der Waals surface area contributed by atoms with Crippen molar-refractivity contribution in [1.29, 1.82) is 0 Å². The van der Waals surface area contributed by atoms with Crippen molar-refractivity contribution in [1.82, 2.24) is 20.2 Å². The van der Waals surface area contributed by atoms with Gasteiger partial charge in [0.1, 0.15) is 18.1 Å². The normalized spacial score (nSPS) is 18.5. The van der Waals surface area contributed by atoms with E-state index in [4.69, 9.17) is 10.5 Å². The number of fused-ring (bicyclic) bond motifs is 2. The number of nitrogens with one attached hydrogen (secondary N) is 3. The number of likely N-dealkylation sites (tertiary alicyclic amines) is 1. The number of carbonyl (C=O) groups is 1. The number of amides is 2. The number of benzene rings is 1. The first-order valence-corrected chi connectivity index (χ1v) is 12.6. The van der Waals surface area contributed by atoms with Gasteiger partial charge in [-0.25, -0.2) is 19.2 Å². The summed E-state index contributed by atoms with van der Waals surface area (Å²) in [4.78, 5) is 22.5. The molecule has 0 radical (unpaired) electrons. The highest BCUT2D eigenvalue weighted by Gasteiger charge is 2.54. The van der Waals surface area contributed by atoms with E-state index >= 15 is 4.39 Å². The SMILES string of the molecule is Cc1c(-c2cc3cc(NC(=O)NC4CC5(C4)CN(CC(F)(F)F)C5)ncc3c(N)c2F)cnc2c1NCCO2. The summed E-state index contributed by atoms with van der Waals surface area (Å²) in [6, 6.07) is 2.67. The average Bonchev–Trinajstić information content (AvgIpc) is 2.83. The molecule has 9 nitrogen and oxygen atoms in total. The van der Waals surface area contributed by atoms with Gasteiger partial charge in [-0.2, -0.15) is 13.2 Å². The molecule has 2 aromatic heterocycles. The fourth-order valence-corrected chi connectivity index (χ4v) is 6.01. The van der Waals surface area contributed by atoms with Crippen molar-refractivity contribution in [2.24, 2.45) is 5.41 Å². The third kappa shape index (κ3) is 4.75. The van der Waals surface area contributed by atoms with Gasteiger partial charge in [-0.1, -0.05) is 0 Å². The molecule has 2 aliphatic heterocycles. The number of ether oxygens (including phenoxy) is 1. The Morgan fingerprint density at radius 2 is 2.00 bits per heavy atom. The summed E-state index contributed by atoms with van der Waals surface area (Å²) in [5.41, 5.74) is 8.23. The lowest BCUT2D eigenvalue weighted by molar-refractivity contribution is -0.181. The summed E-state index contributed by atoms with van der Waals surface area (Å²) in [6.07, 6.45) is 0.0205. The summed E-state index contributed by atoms with van der Waals surface area (Å²) < 4.78 is 58.5. The number of rotatable bonds is 4. The molecule has 6 rings (SSSR count). The zero-order valence-corrected chi connectivity index (χ0v) is 21.1. The molecule has 13 heteroatoms. The fourth-order valence-electron chi connectivity index (χ4n) is 6.01. The Morgan fingerprint density at radius 3 is 2.74 bits per heavy atom. The van der Waals surface area contributed by atoms with E-state index in [0.717, 1.165) is 5.56 Å². The Kier molecular flexibility index (Phi) is 5.93. The molecule has 1 aromatic carbocycles. The van der Waals surface area contributed by atoms with Crippen LogP contribution in [-0.2, 0) is 0 Å². The van der Waals surface area contributed by atoms with Crippen LogP contribution in [0.4, 0.5) is 39.5 Å². The van der Waals surface area contributed by atoms with Crippen molar-refractivity contribution in [3.63, 3.8) is 0 Å². The summed E-state index contributed by atoms with van der Waals surface area (Å²) in [6.45, 7) is 2.84. The number of nitrogens with two attached hydrogens (primary N) is 1. The number of pyridine rings is 2. The summed E-state index contributed by atoms with van der Waals surface area (Å²) in [7, 11) is 0. The van der Waals surface area contributed by atoms with Crippen molar-refractivity contribution in [3.8, 4) is 17.0 Å². The highest BCUT2D eigenvalue weighted by atomic mass is 19.4. The summed E-state index contributed by atoms with van der Waals surface area (Å²) in [5, 5.41) is 9.76. The molecular formula is C26H27F4N7O2. The number of hydrogen-bond donors (Lipinski definition) is 4. The molecule has 1 aliphatic carbocycles. The molecule has 3 aliphatic rings. The van der Waals surface area contributed by atoms with Crippen LogP contribution >= 0.6 is 0 Å². The van der Waals surface area contributed by atoms with Gasteiger partial charge in [-0.3, -0.25) is 10.2 Å². The quantitative estimate of drug-likeness (QED) is 0.286. The standard InChI is InChI=1S/C26H27F4N7O2/c1-13-17(8-34-23-22(13)32-2-3-39-23)16-4-14-5-19(33-9-18(14)21(31)20(16)27)36-24(38)35-15-6-25(7-15)10-37(11-25)12-26(28,29)30/h4-5,8-9,15,32H,2-3,6-7,10-12,31H2,1H3,(H2,33,35,36,38). The lowest BCUT2D eigenvalue weighted by Gasteiger charge is -2.59. The number of carbonyl (C=O) groups excluding carboxylic acids is 1. The van der Waals surface area contributed by atoms with Gasteiger partial charge in [-0.15, -0.1) is 0 Å². The van der Waals surface area contributed by atoms with Gasteiger partial charge >= 0.3 is 12.2 Å². The van der Waals surface area contributed by atoms with E-state index in [2.05, 4.69) is 25.9 Å². The Balaban J connectivity index is 1.15. The molecule has 2 amide bonds. The molecule has 1 spiro atoms. The van der Waals surface area contributed by atoms with Gasteiger partial charge in [0.2, 0.25) is 5.88 Å². The highest BCUT2D eigenvalue weighted by molar-refractivity contribution is 6.00. The first kappa shape index (κ1) is 25.4. The maximum absolute atomic E-state index is 15.4. The number of urea groups is 1. The van der Waals surface area contributed by atoms with Crippen LogP contribution in [-0.4, -0.2) is 65.9 Å². The maximum atomic E-state index is 15.4. The molecule has 1 saturated carbocycles. The second kappa shape index (κ2) is 9.11. The molecule has 1 saturated heterocycles. The van der Waals surface area contributed by atoms with Crippen molar-refractivity contribution >= 4 is 34.0 Å². The van der Waals surface area contributed by atoms with Crippen LogP contribution in [0.25, 0.3) is 21.9 Å². The van der Waals surface area contributed by atoms with Gasteiger partial charge in [-0.05, 0) is 48.3 Å². The van der Waals surface area contributed by atoms with Gasteiger partial charge < -0.3 is 21.1 Å². The van der Waals surface area contributed by atoms with Gasteiger partial charge in [0.15, 0.2) is 5.82 Å². The van der Waals surface area contributed by atoms with E-state index in [1.165, 1.54) is 11.1 Å². The number of nitrogen functional groups attached to an aromatic ring is 1. The van der Waals surface area contributed by atoms with Crippen LogP contribution in [0.2, 0.25) is 0 Å². The van der Waals surface area contributed by atoms with E-state index < -0.39 is 24.6 Å². The molecule has 3 aromatic rings. The molecule has 0 unspecified atom stereocenters. The summed E-state index contributed by atoms with van der Waals surface area (Å²) in [5.74, 6) is 0.126. The van der Waals surface area contributed by atoms with E-state index in [9.17, 15) is 18.0 Å². The topological polar surface area (TPSA) is 117 Å². The molecule has 39 heavy (non-hydrogen) atoms. The molecular weight excluding hydrogens is 518 g/mol. The largest absolute Gasteiger partial charge is 0.474 e. The van der Waals surface area contributed by atoms with Crippen LogP contribution in [0.3, 0.4) is 0 Å². The predicted molar refractivity (Wildman–Crippen MR) is 138 cm³/mol. The Labute approximate surface area is 221 Å². The molecule has 0 atom stereocenters. The smallest absolute Gasteiger partial charge is 0.401 e.